The van der Waals surface area contributed by atoms with Crippen molar-refractivity contribution in [2.75, 3.05) is 26.2 Å². The molecule has 5 rings (SSSR count). The maximum atomic E-state index is 13.4. The van der Waals surface area contributed by atoms with Gasteiger partial charge in [0.15, 0.2) is 5.69 Å². The molecule has 31 heavy (non-hydrogen) atoms. The van der Waals surface area contributed by atoms with Gasteiger partial charge in [-0.1, -0.05) is 29.8 Å². The Bertz CT molecular complexity index is 1130. The highest BCUT2D eigenvalue weighted by atomic mass is 16.2. The summed E-state index contributed by atoms with van der Waals surface area (Å²) < 4.78 is 1.83. The minimum absolute atomic E-state index is 0.00245. The van der Waals surface area contributed by atoms with E-state index in [4.69, 9.17) is 10.4 Å². The van der Waals surface area contributed by atoms with Crippen LogP contribution in [0.1, 0.15) is 28.0 Å². The van der Waals surface area contributed by atoms with Crippen LogP contribution in [-0.2, 0) is 0 Å². The van der Waals surface area contributed by atoms with E-state index in [0.29, 0.717) is 23.1 Å². The molecule has 6 heteroatoms. The molecule has 0 aliphatic carbocycles. The van der Waals surface area contributed by atoms with Gasteiger partial charge in [-0.15, -0.1) is 0 Å². The lowest BCUT2D eigenvalue weighted by atomic mass is 9.86. The van der Waals surface area contributed by atoms with Gasteiger partial charge in [-0.25, -0.2) is 4.68 Å². The van der Waals surface area contributed by atoms with Crippen LogP contribution < -0.4 is 5.32 Å². The highest BCUT2D eigenvalue weighted by molar-refractivity contribution is 5.93. The van der Waals surface area contributed by atoms with Crippen molar-refractivity contribution in [1.29, 1.82) is 5.26 Å². The number of nitrogens with zero attached hydrogens (tertiary/aromatic N) is 4. The SMILES string of the molecule is Cc1ccc(-n2nc(C(=O)N3CC4CNCC(C4)C3)cc2-c2ccc(C#N)cc2)cc1. The molecule has 0 radical (unpaired) electrons. The largest absolute Gasteiger partial charge is 0.337 e. The number of carbonyl (C=O) groups is 1. The standard InChI is InChI=1S/C25H25N5O/c1-17-2-8-22(9-3-17)30-24(21-6-4-18(12-26)5-7-21)11-23(28-30)25(31)29-15-19-10-20(16-29)14-27-13-19/h2-9,11,19-20,27H,10,13-16H2,1H3. The lowest BCUT2D eigenvalue weighted by Crippen LogP contribution is -2.52. The first-order chi connectivity index (χ1) is 15.1. The van der Waals surface area contributed by atoms with Gasteiger partial charge < -0.3 is 10.2 Å². The van der Waals surface area contributed by atoms with Crippen molar-refractivity contribution in [3.8, 4) is 23.0 Å². The number of carbonyl (C=O) groups excluding carboxylic acids is 1. The summed E-state index contributed by atoms with van der Waals surface area (Å²) >= 11 is 0. The summed E-state index contributed by atoms with van der Waals surface area (Å²) in [6.07, 6.45) is 1.20. The van der Waals surface area contributed by atoms with Gasteiger partial charge in [0, 0.05) is 18.7 Å². The third-order valence-corrected chi connectivity index (χ3v) is 6.29. The summed E-state index contributed by atoms with van der Waals surface area (Å²) in [5.41, 5.74) is 4.91. The van der Waals surface area contributed by atoms with Crippen LogP contribution in [-0.4, -0.2) is 46.8 Å². The highest BCUT2D eigenvalue weighted by Gasteiger charge is 2.34. The van der Waals surface area contributed by atoms with E-state index in [0.717, 1.165) is 43.1 Å². The summed E-state index contributed by atoms with van der Waals surface area (Å²) in [6.45, 7) is 5.58. The predicted octanol–water partition coefficient (Wildman–Crippen LogP) is 3.40. The second-order valence-electron chi connectivity index (χ2n) is 8.69. The lowest BCUT2D eigenvalue weighted by Gasteiger charge is -2.41. The molecule has 2 aromatic carbocycles. The smallest absolute Gasteiger partial charge is 0.274 e. The number of nitriles is 1. The quantitative estimate of drug-likeness (QED) is 0.717. The van der Waals surface area contributed by atoms with Crippen molar-refractivity contribution in [2.45, 2.75) is 13.3 Å². The first-order valence-electron chi connectivity index (χ1n) is 10.8. The molecule has 1 N–H and O–H groups in total. The zero-order chi connectivity index (χ0) is 21.4. The number of nitrogens with one attached hydrogen (secondary N) is 1. The Labute approximate surface area is 182 Å². The highest BCUT2D eigenvalue weighted by Crippen LogP contribution is 2.28. The molecule has 1 aromatic heterocycles. The number of likely N-dealkylation sites (tertiary alicyclic amines) is 1. The van der Waals surface area contributed by atoms with Crippen LogP contribution in [0.15, 0.2) is 54.6 Å². The summed E-state index contributed by atoms with van der Waals surface area (Å²) in [5, 5.41) is 17.3. The third-order valence-electron chi connectivity index (χ3n) is 6.29. The molecule has 0 spiro atoms. The molecule has 2 aliphatic heterocycles. The van der Waals surface area contributed by atoms with Gasteiger partial charge in [0.1, 0.15) is 0 Å². The Kier molecular flexibility index (Phi) is 5.05. The zero-order valence-corrected chi connectivity index (χ0v) is 17.6. The Morgan fingerprint density at radius 1 is 1.06 bits per heavy atom. The fraction of sp³-hybridized carbons (Fsp3) is 0.320. The van der Waals surface area contributed by atoms with Crippen molar-refractivity contribution in [1.82, 2.24) is 20.0 Å². The maximum Gasteiger partial charge on any atom is 0.274 e. The Morgan fingerprint density at radius 3 is 2.39 bits per heavy atom. The Hall–Kier alpha value is -3.43. The van der Waals surface area contributed by atoms with Crippen LogP contribution in [0.4, 0.5) is 0 Å². The fourth-order valence-electron chi connectivity index (χ4n) is 4.72. The van der Waals surface area contributed by atoms with Gasteiger partial charge in [0.2, 0.25) is 0 Å². The van der Waals surface area contributed by atoms with Gasteiger partial charge in [-0.3, -0.25) is 4.79 Å². The molecule has 6 nitrogen and oxygen atoms in total. The lowest BCUT2D eigenvalue weighted by molar-refractivity contribution is 0.0531. The molecule has 1 amide bonds. The molecule has 2 bridgehead atoms. The summed E-state index contributed by atoms with van der Waals surface area (Å²) in [5.74, 6) is 1.04. The Morgan fingerprint density at radius 2 is 1.74 bits per heavy atom. The second kappa shape index (κ2) is 8.01. The molecule has 2 atom stereocenters. The van der Waals surface area contributed by atoms with Crippen molar-refractivity contribution < 1.29 is 4.79 Å². The average Bonchev–Trinajstić information content (AvgIpc) is 3.24. The molecule has 2 unspecified atom stereocenters. The summed E-state index contributed by atoms with van der Waals surface area (Å²) in [4.78, 5) is 15.4. The first-order valence-corrected chi connectivity index (χ1v) is 10.8. The van der Waals surface area contributed by atoms with E-state index in [2.05, 4.69) is 11.4 Å². The maximum absolute atomic E-state index is 13.4. The molecule has 2 saturated heterocycles. The van der Waals surface area contributed by atoms with E-state index in [9.17, 15) is 4.79 Å². The molecular formula is C25H25N5O. The van der Waals surface area contributed by atoms with Crippen LogP contribution in [0.3, 0.4) is 0 Å². The molecule has 0 saturated carbocycles. The second-order valence-corrected chi connectivity index (χ2v) is 8.69. The zero-order valence-electron chi connectivity index (χ0n) is 17.6. The van der Waals surface area contributed by atoms with E-state index in [1.807, 2.05) is 59.0 Å². The van der Waals surface area contributed by atoms with E-state index < -0.39 is 0 Å². The fourth-order valence-corrected chi connectivity index (χ4v) is 4.72. The molecule has 156 valence electrons. The molecule has 3 aromatic rings. The van der Waals surface area contributed by atoms with Crippen LogP contribution in [0.2, 0.25) is 0 Å². The average molecular weight is 412 g/mol. The monoisotopic (exact) mass is 411 g/mol. The third kappa shape index (κ3) is 3.85. The molecular weight excluding hydrogens is 386 g/mol. The summed E-state index contributed by atoms with van der Waals surface area (Å²) in [7, 11) is 0. The van der Waals surface area contributed by atoms with E-state index >= 15 is 0 Å². The van der Waals surface area contributed by atoms with Crippen molar-refractivity contribution >= 4 is 5.91 Å². The Balaban J connectivity index is 1.53. The van der Waals surface area contributed by atoms with Crippen molar-refractivity contribution in [2.24, 2.45) is 11.8 Å². The minimum atomic E-state index is -0.00245. The predicted molar refractivity (Wildman–Crippen MR) is 119 cm³/mol. The number of fused-ring (bicyclic) bond motifs is 2. The number of benzene rings is 2. The number of aryl methyl sites for hydroxylation is 1. The van der Waals surface area contributed by atoms with Crippen LogP contribution in [0, 0.1) is 30.1 Å². The van der Waals surface area contributed by atoms with Gasteiger partial charge in [0.25, 0.3) is 5.91 Å². The number of hydrogen-bond acceptors (Lipinski definition) is 4. The van der Waals surface area contributed by atoms with Gasteiger partial charge in [-0.05, 0) is 68.6 Å². The van der Waals surface area contributed by atoms with E-state index in [-0.39, 0.29) is 5.91 Å². The van der Waals surface area contributed by atoms with Crippen LogP contribution >= 0.6 is 0 Å². The first kappa shape index (κ1) is 19.5. The number of hydrogen-bond donors (Lipinski definition) is 1. The number of piperidine rings is 2. The van der Waals surface area contributed by atoms with Crippen molar-refractivity contribution in [3.63, 3.8) is 0 Å². The number of amides is 1. The number of aromatic nitrogens is 2. The van der Waals surface area contributed by atoms with Crippen LogP contribution in [0.25, 0.3) is 16.9 Å². The van der Waals surface area contributed by atoms with Gasteiger partial charge in [0.05, 0.1) is 23.0 Å². The van der Waals surface area contributed by atoms with Crippen LogP contribution in [0.5, 0.6) is 0 Å². The topological polar surface area (TPSA) is 74.0 Å². The van der Waals surface area contributed by atoms with Gasteiger partial charge >= 0.3 is 0 Å². The number of rotatable bonds is 3. The molecule has 2 fully saturated rings. The van der Waals surface area contributed by atoms with E-state index in [1.165, 1.54) is 12.0 Å². The summed E-state index contributed by atoms with van der Waals surface area (Å²) in [6, 6.07) is 19.6. The van der Waals surface area contributed by atoms with Gasteiger partial charge in [-0.2, -0.15) is 10.4 Å². The normalized spacial score (nSPS) is 20.3. The molecule has 2 aliphatic rings. The van der Waals surface area contributed by atoms with E-state index in [1.54, 1.807) is 12.1 Å². The minimum Gasteiger partial charge on any atom is -0.337 e. The van der Waals surface area contributed by atoms with Crippen molar-refractivity contribution in [3.05, 3.63) is 71.4 Å². The molecule has 3 heterocycles.